The maximum Gasteiger partial charge on any atom is 0.250 e. The van der Waals surface area contributed by atoms with Crippen LogP contribution in [0.1, 0.15) is 99.6 Å². The molecule has 0 aromatic heterocycles. The lowest BCUT2D eigenvalue weighted by Gasteiger charge is -2.32. The lowest BCUT2D eigenvalue weighted by atomic mass is 9.87. The monoisotopic (exact) mass is 862 g/mol. The fourth-order valence-electron chi connectivity index (χ4n) is 10.1. The molecule has 6 aliphatic rings. The molecule has 3 heterocycles. The second kappa shape index (κ2) is 18.8. The number of nitrogens with one attached hydrogen (secondary N) is 8. The number of carbonyl (C=O) groups excluding carboxylic acids is 6. The summed E-state index contributed by atoms with van der Waals surface area (Å²) < 4.78 is 0. The molecule has 2 saturated heterocycles. The van der Waals surface area contributed by atoms with Crippen molar-refractivity contribution in [1.82, 2.24) is 52.6 Å². The van der Waals surface area contributed by atoms with Gasteiger partial charge in [0.25, 0.3) is 0 Å². The zero-order chi connectivity index (χ0) is 44.4. The number of nitrogens with zero attached hydrogens (tertiary/aromatic N) is 2. The average Bonchev–Trinajstić information content (AvgIpc) is 3.57. The molecule has 11 atom stereocenters. The SMILES string of the molecule is CN[C@@H](C)C(=O)N[C@H]1CC#C[C@H]2CC2(NC(=O)[C@H](C)NC)C(=O)N2C[C@H](C[C@H]2C(=O)N[C@@H]2CCCc3ccccc32)NN[C@H]2C[C@@H](C(=O)N[C@@H]3CCCc4ccccc43)N(C2)C1=O. The highest BCUT2D eigenvalue weighted by Gasteiger charge is 2.64. The molecular weight excluding hydrogens is 801 g/mol. The molecule has 16 heteroatoms. The number of fused-ring (bicyclic) bond motifs is 7. The largest absolute Gasteiger partial charge is 0.347 e. The summed E-state index contributed by atoms with van der Waals surface area (Å²) in [6.45, 7) is 3.72. The highest BCUT2D eigenvalue weighted by Crippen LogP contribution is 2.46. The molecule has 4 bridgehead atoms. The molecule has 63 heavy (non-hydrogen) atoms. The third-order valence-electron chi connectivity index (χ3n) is 14.2. The van der Waals surface area contributed by atoms with E-state index in [4.69, 9.17) is 0 Å². The van der Waals surface area contributed by atoms with E-state index in [1.165, 1.54) is 11.1 Å². The predicted octanol–water partition coefficient (Wildman–Crippen LogP) is 0.390. The first-order chi connectivity index (χ1) is 30.4. The van der Waals surface area contributed by atoms with E-state index in [0.29, 0.717) is 0 Å². The van der Waals surface area contributed by atoms with Crippen LogP contribution in [0.4, 0.5) is 0 Å². The number of aryl methyl sites for hydroxylation is 2. The quantitative estimate of drug-likeness (QED) is 0.155. The summed E-state index contributed by atoms with van der Waals surface area (Å²) in [5, 5.41) is 18.3. The Kier molecular flexibility index (Phi) is 13.2. The summed E-state index contributed by atoms with van der Waals surface area (Å²) in [5.74, 6) is 3.49. The number of benzene rings is 2. The van der Waals surface area contributed by atoms with Gasteiger partial charge in [0.05, 0.1) is 30.1 Å². The minimum absolute atomic E-state index is 0.0977. The number of rotatable bonds is 10. The van der Waals surface area contributed by atoms with Crippen LogP contribution in [0, 0.1) is 17.8 Å². The van der Waals surface area contributed by atoms with E-state index >= 15 is 0 Å². The molecule has 2 aromatic carbocycles. The number of likely N-dealkylation sites (N-methyl/N-ethyl adjacent to an activating group) is 2. The van der Waals surface area contributed by atoms with Gasteiger partial charge in [0, 0.05) is 31.6 Å². The third-order valence-corrected chi connectivity index (χ3v) is 14.2. The van der Waals surface area contributed by atoms with Crippen LogP contribution in [0.15, 0.2) is 48.5 Å². The predicted molar refractivity (Wildman–Crippen MR) is 235 cm³/mol. The first-order valence-corrected chi connectivity index (χ1v) is 22.7. The number of amides is 6. The topological polar surface area (TPSA) is 205 Å². The molecule has 16 nitrogen and oxygen atoms in total. The van der Waals surface area contributed by atoms with Crippen molar-refractivity contribution in [3.63, 3.8) is 0 Å². The maximum atomic E-state index is 15.0. The van der Waals surface area contributed by atoms with Gasteiger partial charge in [0.15, 0.2) is 0 Å². The number of carbonyl (C=O) groups is 6. The van der Waals surface area contributed by atoms with Crippen LogP contribution >= 0.6 is 0 Å². The number of hydrogen-bond acceptors (Lipinski definition) is 10. The fourth-order valence-corrected chi connectivity index (χ4v) is 10.1. The minimum Gasteiger partial charge on any atom is -0.347 e. The second-order valence-electron chi connectivity index (χ2n) is 18.3. The maximum absolute atomic E-state index is 15.0. The van der Waals surface area contributed by atoms with Gasteiger partial charge in [-0.25, -0.2) is 0 Å². The summed E-state index contributed by atoms with van der Waals surface area (Å²) in [6, 6.07) is 11.0. The van der Waals surface area contributed by atoms with Gasteiger partial charge in [0.2, 0.25) is 35.4 Å². The van der Waals surface area contributed by atoms with Crippen LogP contribution in [-0.4, -0.2) is 120 Å². The van der Waals surface area contributed by atoms with E-state index < -0.39 is 71.5 Å². The van der Waals surface area contributed by atoms with Gasteiger partial charge in [-0.1, -0.05) is 54.5 Å². The molecule has 8 N–H and O–H groups in total. The Morgan fingerprint density at radius 1 is 0.714 bits per heavy atom. The van der Waals surface area contributed by atoms with E-state index in [-0.39, 0.29) is 68.6 Å². The van der Waals surface area contributed by atoms with Crippen molar-refractivity contribution in [2.45, 2.75) is 138 Å². The zero-order valence-corrected chi connectivity index (χ0v) is 36.7. The van der Waals surface area contributed by atoms with Crippen molar-refractivity contribution in [3.8, 4) is 11.8 Å². The first-order valence-electron chi connectivity index (χ1n) is 22.7. The molecule has 336 valence electrons. The molecule has 3 aliphatic carbocycles. The van der Waals surface area contributed by atoms with Crippen LogP contribution < -0.4 is 42.8 Å². The Morgan fingerprint density at radius 2 is 1.24 bits per heavy atom. The van der Waals surface area contributed by atoms with Crippen LogP contribution in [0.25, 0.3) is 0 Å². The van der Waals surface area contributed by atoms with E-state index in [1.807, 2.05) is 36.4 Å². The Morgan fingerprint density at radius 3 is 1.81 bits per heavy atom. The molecule has 1 unspecified atom stereocenters. The Bertz CT molecular complexity index is 2170. The Balaban J connectivity index is 1.11. The molecule has 3 aliphatic heterocycles. The van der Waals surface area contributed by atoms with Crippen molar-refractivity contribution >= 4 is 35.4 Å². The smallest absolute Gasteiger partial charge is 0.250 e. The lowest BCUT2D eigenvalue weighted by Crippen LogP contribution is -2.58. The molecular formula is C47H62N10O6. The lowest BCUT2D eigenvalue weighted by molar-refractivity contribution is -0.143. The molecule has 3 fully saturated rings. The van der Waals surface area contributed by atoms with E-state index in [9.17, 15) is 28.8 Å². The van der Waals surface area contributed by atoms with Crippen molar-refractivity contribution in [2.75, 3.05) is 27.2 Å². The Hall–Kier alpha value is -5.34. The molecule has 2 aromatic rings. The highest BCUT2D eigenvalue weighted by molar-refractivity contribution is 5.99. The van der Waals surface area contributed by atoms with E-state index in [1.54, 1.807) is 37.7 Å². The fraction of sp³-hybridized carbons (Fsp3) is 0.574. The van der Waals surface area contributed by atoms with E-state index in [2.05, 4.69) is 66.7 Å². The van der Waals surface area contributed by atoms with Crippen LogP contribution in [0.3, 0.4) is 0 Å². The van der Waals surface area contributed by atoms with Crippen LogP contribution in [0.2, 0.25) is 0 Å². The minimum atomic E-state index is -1.41. The molecule has 8 rings (SSSR count). The van der Waals surface area contributed by atoms with Gasteiger partial charge < -0.3 is 41.7 Å². The Labute approximate surface area is 369 Å². The van der Waals surface area contributed by atoms with Gasteiger partial charge >= 0.3 is 0 Å². The van der Waals surface area contributed by atoms with Gasteiger partial charge in [-0.3, -0.25) is 39.6 Å². The molecule has 0 spiro atoms. The third kappa shape index (κ3) is 9.20. The van der Waals surface area contributed by atoms with Gasteiger partial charge in [-0.2, -0.15) is 0 Å². The highest BCUT2D eigenvalue weighted by atomic mass is 16.2. The van der Waals surface area contributed by atoms with E-state index in [0.717, 1.165) is 49.7 Å². The average molecular weight is 863 g/mol. The molecule has 6 amide bonds. The summed E-state index contributed by atoms with van der Waals surface area (Å²) >= 11 is 0. The molecule has 0 radical (unpaired) electrons. The number of hydrogen-bond donors (Lipinski definition) is 8. The number of hydrazine groups is 1. The van der Waals surface area contributed by atoms with Crippen LogP contribution in [-0.2, 0) is 41.6 Å². The summed E-state index contributed by atoms with van der Waals surface area (Å²) in [4.78, 5) is 88.6. The van der Waals surface area contributed by atoms with Crippen LogP contribution in [0.5, 0.6) is 0 Å². The second-order valence-corrected chi connectivity index (χ2v) is 18.3. The van der Waals surface area contributed by atoms with Crippen molar-refractivity contribution in [3.05, 3.63) is 70.8 Å². The zero-order valence-electron chi connectivity index (χ0n) is 36.7. The normalized spacial score (nSPS) is 30.9. The standard InChI is InChI=1S/C47H62N10O6/c1-27(48-3)41(58)52-38-21-11-16-31-24-47(31,53-42(59)28(2)49-4)46(63)57-26-33(23-40(57)44(61)51-37-20-10-15-30-13-6-8-18-35(30)37)55-54-32-22-39(56(25-32)45(38)62)43(60)50-36-19-9-14-29-12-5-7-17-34(29)36/h5-8,12-13,17-18,27-28,31-33,36-40,48-49,54-55H,9-10,14-15,19-26H2,1-4H3,(H,50,60)(H,51,61)(H,52,58)(H,53,59)/t27-,28-,31-,32-,33-,36+,37+,38-,39-,40-,47?/m0/s1. The van der Waals surface area contributed by atoms with Crippen molar-refractivity contribution in [1.29, 1.82) is 0 Å². The molecule has 1 saturated carbocycles. The van der Waals surface area contributed by atoms with Crippen molar-refractivity contribution < 1.29 is 28.8 Å². The van der Waals surface area contributed by atoms with Gasteiger partial charge in [-0.15, -0.1) is 5.92 Å². The summed E-state index contributed by atoms with van der Waals surface area (Å²) in [7, 11) is 3.31. The van der Waals surface area contributed by atoms with Gasteiger partial charge in [-0.05, 0) is 108 Å². The first kappa shape index (κ1) is 44.3. The summed E-state index contributed by atoms with van der Waals surface area (Å²) in [5.41, 5.74) is 9.93. The van der Waals surface area contributed by atoms with Crippen molar-refractivity contribution in [2.24, 2.45) is 5.92 Å². The summed E-state index contributed by atoms with van der Waals surface area (Å²) in [6.07, 6.45) is 5.95. The van der Waals surface area contributed by atoms with Gasteiger partial charge in [0.1, 0.15) is 23.7 Å².